The first-order chi connectivity index (χ1) is 11.0. The topological polar surface area (TPSA) is 81.6 Å². The van der Waals surface area contributed by atoms with Crippen LogP contribution in [0.3, 0.4) is 0 Å². The van der Waals surface area contributed by atoms with Gasteiger partial charge in [-0.1, -0.05) is 24.3 Å². The van der Waals surface area contributed by atoms with Crippen molar-refractivity contribution in [3.05, 3.63) is 59.2 Å². The Morgan fingerprint density at radius 1 is 1.13 bits per heavy atom. The molecule has 1 amide bonds. The molecule has 2 aromatic rings. The number of benzene rings is 2. The van der Waals surface area contributed by atoms with Crippen molar-refractivity contribution in [3.63, 3.8) is 0 Å². The summed E-state index contributed by atoms with van der Waals surface area (Å²) >= 11 is 0. The molecule has 0 saturated carbocycles. The minimum absolute atomic E-state index is 0.183. The lowest BCUT2D eigenvalue weighted by Gasteiger charge is -2.16. The summed E-state index contributed by atoms with van der Waals surface area (Å²) < 4.78 is 0. The zero-order valence-corrected chi connectivity index (χ0v) is 13.3. The molecule has 1 unspecified atom stereocenters. The number of aliphatic hydroxyl groups excluding tert-OH is 2. The molecule has 0 aromatic heterocycles. The third-order valence-electron chi connectivity index (χ3n) is 3.55. The minimum Gasteiger partial charge on any atom is -0.394 e. The average Bonchev–Trinajstić information content (AvgIpc) is 2.54. The number of aliphatic hydroxyl groups is 2. The third kappa shape index (κ3) is 4.55. The molecule has 0 saturated heterocycles. The van der Waals surface area contributed by atoms with E-state index in [1.807, 2.05) is 50.2 Å². The molecule has 0 radical (unpaired) electrons. The zero-order valence-electron chi connectivity index (χ0n) is 13.3. The number of hydrogen-bond acceptors (Lipinski definition) is 4. The van der Waals surface area contributed by atoms with Crippen molar-refractivity contribution in [3.8, 4) is 0 Å². The van der Waals surface area contributed by atoms with Gasteiger partial charge in [-0.15, -0.1) is 0 Å². The number of rotatable bonds is 6. The summed E-state index contributed by atoms with van der Waals surface area (Å²) in [6, 6.07) is 13.0. The molecule has 23 heavy (non-hydrogen) atoms. The van der Waals surface area contributed by atoms with Crippen LogP contribution in [-0.2, 0) is 0 Å². The summed E-state index contributed by atoms with van der Waals surface area (Å²) in [4.78, 5) is 12.4. The number of nitrogens with one attached hydrogen (secondary N) is 2. The molecule has 5 nitrogen and oxygen atoms in total. The van der Waals surface area contributed by atoms with E-state index in [0.717, 1.165) is 11.1 Å². The van der Waals surface area contributed by atoms with Gasteiger partial charge in [0.2, 0.25) is 0 Å². The fourth-order valence-electron chi connectivity index (χ4n) is 2.22. The van der Waals surface area contributed by atoms with Gasteiger partial charge >= 0.3 is 0 Å². The Labute approximate surface area is 136 Å². The fraction of sp³-hybridized carbons (Fsp3) is 0.278. The first-order valence-electron chi connectivity index (χ1n) is 7.51. The summed E-state index contributed by atoms with van der Waals surface area (Å²) in [5, 5.41) is 24.3. The number of carbonyl (C=O) groups excluding carboxylic acids is 1. The van der Waals surface area contributed by atoms with Crippen LogP contribution in [0.15, 0.2) is 42.5 Å². The Kier molecular flexibility index (Phi) is 5.73. The highest BCUT2D eigenvalue weighted by atomic mass is 16.3. The van der Waals surface area contributed by atoms with Gasteiger partial charge in [0.05, 0.1) is 24.1 Å². The monoisotopic (exact) mass is 314 g/mol. The molecule has 0 aliphatic carbocycles. The van der Waals surface area contributed by atoms with Crippen LogP contribution < -0.4 is 10.6 Å². The van der Waals surface area contributed by atoms with E-state index < -0.39 is 6.10 Å². The van der Waals surface area contributed by atoms with Gasteiger partial charge < -0.3 is 20.8 Å². The summed E-state index contributed by atoms with van der Waals surface area (Å²) in [6.45, 7) is 3.72. The summed E-state index contributed by atoms with van der Waals surface area (Å²) in [5.74, 6) is -0.183. The van der Waals surface area contributed by atoms with Crippen LogP contribution in [0.1, 0.15) is 21.5 Å². The van der Waals surface area contributed by atoms with Gasteiger partial charge in [-0.25, -0.2) is 0 Å². The summed E-state index contributed by atoms with van der Waals surface area (Å²) in [6.07, 6.45) is -0.851. The quantitative estimate of drug-likeness (QED) is 0.659. The highest BCUT2D eigenvalue weighted by Crippen LogP contribution is 2.24. The van der Waals surface area contributed by atoms with E-state index in [0.29, 0.717) is 16.9 Å². The zero-order chi connectivity index (χ0) is 16.8. The van der Waals surface area contributed by atoms with E-state index in [1.165, 1.54) is 0 Å². The van der Waals surface area contributed by atoms with Crippen molar-refractivity contribution in [1.29, 1.82) is 0 Å². The number of hydrogen-bond donors (Lipinski definition) is 4. The molecule has 2 aromatic carbocycles. The van der Waals surface area contributed by atoms with E-state index in [9.17, 15) is 9.90 Å². The molecular weight excluding hydrogens is 292 g/mol. The molecule has 0 aliphatic rings. The van der Waals surface area contributed by atoms with Gasteiger partial charge in [0.15, 0.2) is 0 Å². The maximum Gasteiger partial charge on any atom is 0.255 e. The largest absolute Gasteiger partial charge is 0.394 e. The molecule has 4 N–H and O–H groups in total. The van der Waals surface area contributed by atoms with E-state index >= 15 is 0 Å². The number of amides is 1. The normalized spacial score (nSPS) is 11.8. The second-order valence-corrected chi connectivity index (χ2v) is 5.54. The Hall–Kier alpha value is -2.37. The van der Waals surface area contributed by atoms with Crippen LogP contribution in [-0.4, -0.2) is 35.4 Å². The summed E-state index contributed by atoms with van der Waals surface area (Å²) in [5.41, 5.74) is 3.89. The van der Waals surface area contributed by atoms with Gasteiger partial charge in [0.25, 0.3) is 5.91 Å². The highest BCUT2D eigenvalue weighted by Gasteiger charge is 2.12. The van der Waals surface area contributed by atoms with Crippen LogP contribution in [0.4, 0.5) is 11.4 Å². The van der Waals surface area contributed by atoms with Crippen molar-refractivity contribution in [2.75, 3.05) is 23.8 Å². The van der Waals surface area contributed by atoms with Gasteiger partial charge in [0.1, 0.15) is 0 Å². The van der Waals surface area contributed by atoms with Crippen molar-refractivity contribution in [2.24, 2.45) is 0 Å². The molecule has 0 bridgehead atoms. The third-order valence-corrected chi connectivity index (χ3v) is 3.55. The molecule has 0 spiro atoms. The predicted octanol–water partition coefficient (Wildman–Crippen LogP) is 2.32. The predicted molar refractivity (Wildman–Crippen MR) is 91.9 cm³/mol. The van der Waals surface area contributed by atoms with Gasteiger partial charge in [-0.2, -0.15) is 0 Å². The molecule has 0 heterocycles. The smallest absolute Gasteiger partial charge is 0.255 e. The van der Waals surface area contributed by atoms with Gasteiger partial charge in [-0.3, -0.25) is 4.79 Å². The van der Waals surface area contributed by atoms with Crippen LogP contribution in [0, 0.1) is 13.8 Å². The molecule has 0 aliphatic heterocycles. The van der Waals surface area contributed by atoms with Crippen LogP contribution >= 0.6 is 0 Å². The number of carbonyl (C=O) groups is 1. The average molecular weight is 314 g/mol. The van der Waals surface area contributed by atoms with E-state index in [1.54, 1.807) is 6.07 Å². The molecular formula is C18H22N2O3. The van der Waals surface area contributed by atoms with Gasteiger partial charge in [-0.05, 0) is 43.2 Å². The standard InChI is InChI=1S/C18H22N2O3/c1-12-7-8-16(17(9-12)19-10-14(22)11-21)20-18(23)15-6-4-3-5-13(15)2/h3-9,14,19,21-22H,10-11H2,1-2H3,(H,20,23). The lowest BCUT2D eigenvalue weighted by atomic mass is 10.1. The second-order valence-electron chi connectivity index (χ2n) is 5.54. The van der Waals surface area contributed by atoms with Crippen LogP contribution in [0.25, 0.3) is 0 Å². The SMILES string of the molecule is Cc1ccc(NC(=O)c2ccccc2C)c(NCC(O)CO)c1. The molecule has 1 atom stereocenters. The van der Waals surface area contributed by atoms with Crippen molar-refractivity contribution >= 4 is 17.3 Å². The first-order valence-corrected chi connectivity index (χ1v) is 7.51. The highest BCUT2D eigenvalue weighted by molar-refractivity contribution is 6.06. The second kappa shape index (κ2) is 7.76. The maximum atomic E-state index is 12.4. The maximum absolute atomic E-state index is 12.4. The fourth-order valence-corrected chi connectivity index (χ4v) is 2.22. The Morgan fingerprint density at radius 3 is 2.57 bits per heavy atom. The minimum atomic E-state index is -0.851. The molecule has 122 valence electrons. The van der Waals surface area contributed by atoms with Crippen molar-refractivity contribution < 1.29 is 15.0 Å². The number of anilines is 2. The Bertz CT molecular complexity index is 686. The Balaban J connectivity index is 2.19. The first kappa shape index (κ1) is 17.0. The van der Waals surface area contributed by atoms with Crippen molar-refractivity contribution in [1.82, 2.24) is 0 Å². The molecule has 5 heteroatoms. The van der Waals surface area contributed by atoms with E-state index in [-0.39, 0.29) is 19.1 Å². The Morgan fingerprint density at radius 2 is 1.87 bits per heavy atom. The number of aryl methyl sites for hydroxylation is 2. The lowest BCUT2D eigenvalue weighted by molar-refractivity contribution is 0.102. The van der Waals surface area contributed by atoms with E-state index in [2.05, 4.69) is 10.6 Å². The van der Waals surface area contributed by atoms with Crippen LogP contribution in [0.5, 0.6) is 0 Å². The molecule has 0 fully saturated rings. The van der Waals surface area contributed by atoms with E-state index in [4.69, 9.17) is 5.11 Å². The van der Waals surface area contributed by atoms with Crippen LogP contribution in [0.2, 0.25) is 0 Å². The van der Waals surface area contributed by atoms with Gasteiger partial charge in [0, 0.05) is 12.1 Å². The summed E-state index contributed by atoms with van der Waals surface area (Å²) in [7, 11) is 0. The molecule has 2 rings (SSSR count). The van der Waals surface area contributed by atoms with Crippen molar-refractivity contribution in [2.45, 2.75) is 20.0 Å². The lowest BCUT2D eigenvalue weighted by Crippen LogP contribution is -2.24.